The predicted molar refractivity (Wildman–Crippen MR) is 100 cm³/mol. The van der Waals surface area contributed by atoms with Gasteiger partial charge in [0.2, 0.25) is 0 Å². The van der Waals surface area contributed by atoms with Crippen molar-refractivity contribution < 1.29 is 14.7 Å². The number of aromatic nitrogens is 1. The van der Waals surface area contributed by atoms with Gasteiger partial charge in [-0.15, -0.1) is 0 Å². The van der Waals surface area contributed by atoms with Crippen molar-refractivity contribution in [2.45, 2.75) is 13.1 Å². The number of nitrogens with one attached hydrogen (secondary N) is 2. The molecule has 0 fully saturated rings. The molecule has 0 radical (unpaired) electrons. The normalized spacial score (nSPS) is 10.3. The third kappa shape index (κ3) is 4.46. The molecule has 3 rings (SSSR count). The van der Waals surface area contributed by atoms with E-state index in [4.69, 9.17) is 5.11 Å². The fourth-order valence-electron chi connectivity index (χ4n) is 2.50. The highest BCUT2D eigenvalue weighted by Crippen LogP contribution is 2.24. The molecule has 0 unspecified atom stereocenters. The van der Waals surface area contributed by atoms with E-state index in [1.165, 1.54) is 6.07 Å². The van der Waals surface area contributed by atoms with Crippen LogP contribution >= 0.6 is 11.3 Å². The predicted octanol–water partition coefficient (Wildman–Crippen LogP) is 3.51. The first-order valence-corrected chi connectivity index (χ1v) is 8.87. The van der Waals surface area contributed by atoms with Gasteiger partial charge in [0, 0.05) is 25.5 Å². The van der Waals surface area contributed by atoms with Crippen molar-refractivity contribution in [2.24, 2.45) is 0 Å². The molecule has 2 heterocycles. The van der Waals surface area contributed by atoms with E-state index in [-0.39, 0.29) is 18.1 Å². The minimum Gasteiger partial charge on any atom is -0.478 e. The van der Waals surface area contributed by atoms with Crippen molar-refractivity contribution in [3.63, 3.8) is 0 Å². The van der Waals surface area contributed by atoms with Crippen molar-refractivity contribution >= 4 is 23.3 Å². The van der Waals surface area contributed by atoms with Crippen LogP contribution in [-0.2, 0) is 13.1 Å². The van der Waals surface area contributed by atoms with Gasteiger partial charge in [-0.05, 0) is 57.3 Å². The lowest BCUT2D eigenvalue weighted by Crippen LogP contribution is -2.34. The summed E-state index contributed by atoms with van der Waals surface area (Å²) >= 11 is 1.61. The summed E-state index contributed by atoms with van der Waals surface area (Å²) in [5.41, 5.74) is 3.98. The van der Waals surface area contributed by atoms with E-state index in [2.05, 4.69) is 15.6 Å². The highest BCUT2D eigenvalue weighted by Gasteiger charge is 2.08. The van der Waals surface area contributed by atoms with Gasteiger partial charge in [0.1, 0.15) is 0 Å². The molecule has 3 N–H and O–H groups in total. The topological polar surface area (TPSA) is 91.3 Å². The van der Waals surface area contributed by atoms with Crippen molar-refractivity contribution in [3.8, 4) is 11.1 Å². The second kappa shape index (κ2) is 8.26. The fourth-order valence-corrected chi connectivity index (χ4v) is 3.16. The summed E-state index contributed by atoms with van der Waals surface area (Å²) < 4.78 is 0. The number of benzene rings is 1. The third-order valence-electron chi connectivity index (χ3n) is 3.80. The SMILES string of the molecule is O=C(NCc1cccc(C(=O)O)c1)NCc1cnccc1-c1ccsc1. The smallest absolute Gasteiger partial charge is 0.335 e. The molecular formula is C19H17N3O3S. The van der Waals surface area contributed by atoms with Crippen LogP contribution in [0.15, 0.2) is 59.6 Å². The van der Waals surface area contributed by atoms with Crippen molar-refractivity contribution in [3.05, 3.63) is 76.2 Å². The van der Waals surface area contributed by atoms with E-state index < -0.39 is 5.97 Å². The first kappa shape index (κ1) is 17.6. The lowest BCUT2D eigenvalue weighted by atomic mass is 10.1. The van der Waals surface area contributed by atoms with Crippen molar-refractivity contribution in [1.82, 2.24) is 15.6 Å². The number of urea groups is 1. The van der Waals surface area contributed by atoms with E-state index in [9.17, 15) is 9.59 Å². The standard InChI is InChI=1S/C19H17N3O3S/c23-18(24)14-3-1-2-13(8-14)9-21-19(25)22-11-16-10-20-6-4-17(16)15-5-7-26-12-15/h1-8,10,12H,9,11H2,(H,23,24)(H2,21,22,25). The number of hydrogen-bond donors (Lipinski definition) is 3. The Hall–Kier alpha value is -3.19. The summed E-state index contributed by atoms with van der Waals surface area (Å²) in [5.74, 6) is -0.992. The molecular weight excluding hydrogens is 350 g/mol. The van der Waals surface area contributed by atoms with Gasteiger partial charge in [0.25, 0.3) is 0 Å². The van der Waals surface area contributed by atoms with Crippen LogP contribution in [0.25, 0.3) is 11.1 Å². The number of amides is 2. The third-order valence-corrected chi connectivity index (χ3v) is 4.49. The van der Waals surface area contributed by atoms with Crippen LogP contribution in [0.2, 0.25) is 0 Å². The molecule has 3 aromatic rings. The number of aromatic carboxylic acids is 1. The summed E-state index contributed by atoms with van der Waals surface area (Å²) in [7, 11) is 0. The Balaban J connectivity index is 1.57. The van der Waals surface area contributed by atoms with Crippen LogP contribution in [0.5, 0.6) is 0 Å². The maximum atomic E-state index is 12.0. The molecule has 0 saturated heterocycles. The van der Waals surface area contributed by atoms with Gasteiger partial charge in [0.05, 0.1) is 5.56 Å². The monoisotopic (exact) mass is 367 g/mol. The number of rotatable bonds is 6. The van der Waals surface area contributed by atoms with Crippen LogP contribution in [0.3, 0.4) is 0 Å². The number of thiophene rings is 1. The second-order valence-corrected chi connectivity index (χ2v) is 6.37. The minimum absolute atomic E-state index is 0.195. The Morgan fingerprint density at radius 2 is 1.96 bits per heavy atom. The minimum atomic E-state index is -0.992. The van der Waals surface area contributed by atoms with Gasteiger partial charge in [-0.25, -0.2) is 9.59 Å². The van der Waals surface area contributed by atoms with E-state index in [0.29, 0.717) is 6.54 Å². The Kier molecular flexibility index (Phi) is 5.60. The molecule has 0 bridgehead atoms. The lowest BCUT2D eigenvalue weighted by molar-refractivity contribution is 0.0696. The largest absolute Gasteiger partial charge is 0.478 e. The molecule has 26 heavy (non-hydrogen) atoms. The van der Waals surface area contributed by atoms with Crippen molar-refractivity contribution in [2.75, 3.05) is 0 Å². The maximum absolute atomic E-state index is 12.0. The molecule has 0 aliphatic rings. The average molecular weight is 367 g/mol. The van der Waals surface area contributed by atoms with E-state index in [0.717, 1.165) is 22.3 Å². The van der Waals surface area contributed by atoms with Gasteiger partial charge in [-0.3, -0.25) is 4.98 Å². The molecule has 132 valence electrons. The summed E-state index contributed by atoms with van der Waals surface area (Å²) in [6.07, 6.45) is 3.47. The number of carbonyl (C=O) groups excluding carboxylic acids is 1. The number of carboxylic acid groups (broad SMARTS) is 1. The second-order valence-electron chi connectivity index (χ2n) is 5.59. The van der Waals surface area contributed by atoms with E-state index in [1.807, 2.05) is 22.9 Å². The molecule has 0 aliphatic heterocycles. The molecule has 2 amide bonds. The number of pyridine rings is 1. The molecule has 2 aromatic heterocycles. The first-order chi connectivity index (χ1) is 12.6. The Morgan fingerprint density at radius 1 is 1.12 bits per heavy atom. The van der Waals surface area contributed by atoms with Gasteiger partial charge in [-0.2, -0.15) is 11.3 Å². The Bertz CT molecular complexity index is 910. The van der Waals surface area contributed by atoms with Crippen LogP contribution in [-0.4, -0.2) is 22.1 Å². The highest BCUT2D eigenvalue weighted by molar-refractivity contribution is 7.08. The highest BCUT2D eigenvalue weighted by atomic mass is 32.1. The van der Waals surface area contributed by atoms with Crippen molar-refractivity contribution in [1.29, 1.82) is 0 Å². The quantitative estimate of drug-likeness (QED) is 0.622. The molecule has 1 aromatic carbocycles. The number of nitrogens with zero attached hydrogens (tertiary/aromatic N) is 1. The molecule has 0 atom stereocenters. The molecule has 6 nitrogen and oxygen atoms in total. The number of carbonyl (C=O) groups is 2. The lowest BCUT2D eigenvalue weighted by Gasteiger charge is -2.11. The van der Waals surface area contributed by atoms with E-state index >= 15 is 0 Å². The van der Waals surface area contributed by atoms with Gasteiger partial charge in [-0.1, -0.05) is 12.1 Å². The summed E-state index contributed by atoms with van der Waals surface area (Å²) in [4.78, 5) is 27.2. The van der Waals surface area contributed by atoms with Gasteiger partial charge >= 0.3 is 12.0 Å². The summed E-state index contributed by atoms with van der Waals surface area (Å²) in [6, 6.07) is 10.1. The molecule has 0 saturated carbocycles. The first-order valence-electron chi connectivity index (χ1n) is 7.93. The molecule has 0 spiro atoms. The van der Waals surface area contributed by atoms with Crippen LogP contribution in [0, 0.1) is 0 Å². The Morgan fingerprint density at radius 3 is 2.73 bits per heavy atom. The fraction of sp³-hybridized carbons (Fsp3) is 0.105. The summed E-state index contributed by atoms with van der Waals surface area (Å²) in [5, 5.41) is 18.6. The zero-order chi connectivity index (χ0) is 18.4. The number of hydrogen-bond acceptors (Lipinski definition) is 4. The summed E-state index contributed by atoms with van der Waals surface area (Å²) in [6.45, 7) is 0.595. The zero-order valence-corrected chi connectivity index (χ0v) is 14.6. The van der Waals surface area contributed by atoms with Gasteiger partial charge in [0.15, 0.2) is 0 Å². The van der Waals surface area contributed by atoms with Gasteiger partial charge < -0.3 is 15.7 Å². The number of carboxylic acids is 1. The maximum Gasteiger partial charge on any atom is 0.335 e. The van der Waals surface area contributed by atoms with E-state index in [1.54, 1.807) is 41.9 Å². The van der Waals surface area contributed by atoms with Crippen LogP contribution < -0.4 is 10.6 Å². The Labute approximate surface area is 154 Å². The average Bonchev–Trinajstić information content (AvgIpc) is 3.19. The van der Waals surface area contributed by atoms with Crippen LogP contribution in [0.4, 0.5) is 4.79 Å². The molecule has 0 aliphatic carbocycles. The zero-order valence-electron chi connectivity index (χ0n) is 13.8. The molecule has 7 heteroatoms. The van der Waals surface area contributed by atoms with Crippen LogP contribution in [0.1, 0.15) is 21.5 Å².